The van der Waals surface area contributed by atoms with Crippen molar-refractivity contribution in [2.24, 2.45) is 0 Å². The quantitative estimate of drug-likeness (QED) is 0.398. The number of benzene rings is 3. The molecule has 1 nitrogen and oxygen atoms in total. The fraction of sp³-hybridized carbons (Fsp3) is 0.120. The number of nitrogens with zero attached hydrogens (tertiary/aromatic N) is 1. The first-order chi connectivity index (χ1) is 12.8. The van der Waals surface area contributed by atoms with Crippen molar-refractivity contribution in [1.82, 2.24) is 4.57 Å². The van der Waals surface area contributed by atoms with Crippen LogP contribution in [0.1, 0.15) is 28.8 Å². The molecule has 0 saturated heterocycles. The molecule has 0 saturated carbocycles. The Labute approximate surface area is 154 Å². The highest BCUT2D eigenvalue weighted by molar-refractivity contribution is 6.00. The van der Waals surface area contributed by atoms with E-state index in [2.05, 4.69) is 96.4 Å². The molecule has 5 rings (SSSR count). The van der Waals surface area contributed by atoms with E-state index in [4.69, 9.17) is 0 Å². The molecule has 0 atom stereocenters. The highest BCUT2D eigenvalue weighted by atomic mass is 15.0. The van der Waals surface area contributed by atoms with Crippen LogP contribution in [0.2, 0.25) is 0 Å². The van der Waals surface area contributed by atoms with Crippen LogP contribution in [0.25, 0.3) is 28.2 Å². The van der Waals surface area contributed by atoms with Crippen LogP contribution in [0.5, 0.6) is 0 Å². The van der Waals surface area contributed by atoms with E-state index in [9.17, 15) is 0 Å². The van der Waals surface area contributed by atoms with E-state index in [0.29, 0.717) is 0 Å². The first kappa shape index (κ1) is 15.2. The average molecular weight is 335 g/mol. The van der Waals surface area contributed by atoms with Crippen molar-refractivity contribution in [3.63, 3.8) is 0 Å². The summed E-state index contributed by atoms with van der Waals surface area (Å²) < 4.78 is 2.45. The third-order valence-corrected chi connectivity index (χ3v) is 5.45. The molecule has 1 aromatic heterocycles. The zero-order valence-electron chi connectivity index (χ0n) is 14.9. The Kier molecular flexibility index (Phi) is 3.53. The lowest BCUT2D eigenvalue weighted by molar-refractivity contribution is 0.898. The Bertz CT molecular complexity index is 1120. The number of hydrogen-bond donors (Lipinski definition) is 0. The summed E-state index contributed by atoms with van der Waals surface area (Å²) in [7, 11) is 0. The number of fused-ring (bicyclic) bond motifs is 3. The average Bonchev–Trinajstić information content (AvgIpc) is 3.04. The molecule has 0 N–H and O–H groups in total. The molecular formula is C25H21N. The SMILES string of the molecule is Cc1cccc2c1c1c(n2-c2ccccc2)CCC(c2ccccc2)=C1. The van der Waals surface area contributed by atoms with Crippen molar-refractivity contribution in [1.29, 1.82) is 0 Å². The molecule has 1 heterocycles. The minimum Gasteiger partial charge on any atom is -0.313 e. The second-order valence-electron chi connectivity index (χ2n) is 7.04. The Hall–Kier alpha value is -3.06. The zero-order valence-corrected chi connectivity index (χ0v) is 14.9. The Morgan fingerprint density at radius 2 is 1.46 bits per heavy atom. The van der Waals surface area contributed by atoms with Gasteiger partial charge in [0.1, 0.15) is 0 Å². The molecule has 0 aliphatic heterocycles. The largest absolute Gasteiger partial charge is 0.313 e. The minimum atomic E-state index is 1.07. The van der Waals surface area contributed by atoms with Gasteiger partial charge in [-0.1, -0.05) is 60.7 Å². The molecule has 0 bridgehead atoms. The molecule has 0 spiro atoms. The second-order valence-corrected chi connectivity index (χ2v) is 7.04. The van der Waals surface area contributed by atoms with Gasteiger partial charge in [-0.15, -0.1) is 0 Å². The lowest BCUT2D eigenvalue weighted by atomic mass is 9.90. The highest BCUT2D eigenvalue weighted by Gasteiger charge is 2.22. The van der Waals surface area contributed by atoms with Crippen molar-refractivity contribution in [3.8, 4) is 5.69 Å². The van der Waals surface area contributed by atoms with Gasteiger partial charge >= 0.3 is 0 Å². The van der Waals surface area contributed by atoms with Crippen LogP contribution < -0.4 is 0 Å². The number of aromatic nitrogens is 1. The monoisotopic (exact) mass is 335 g/mol. The summed E-state index contributed by atoms with van der Waals surface area (Å²) in [6, 6.07) is 28.2. The van der Waals surface area contributed by atoms with E-state index in [1.165, 1.54) is 44.5 Å². The van der Waals surface area contributed by atoms with Gasteiger partial charge < -0.3 is 4.57 Å². The van der Waals surface area contributed by atoms with E-state index in [1.54, 1.807) is 0 Å². The summed E-state index contributed by atoms with van der Waals surface area (Å²) in [6.07, 6.45) is 4.57. The summed E-state index contributed by atoms with van der Waals surface area (Å²) in [4.78, 5) is 0. The van der Waals surface area contributed by atoms with E-state index in [1.807, 2.05) is 0 Å². The van der Waals surface area contributed by atoms with Crippen molar-refractivity contribution < 1.29 is 0 Å². The maximum absolute atomic E-state index is 2.45. The molecular weight excluding hydrogens is 314 g/mol. The predicted octanol–water partition coefficient (Wildman–Crippen LogP) is 6.43. The zero-order chi connectivity index (χ0) is 17.5. The molecule has 0 unspecified atom stereocenters. The molecule has 126 valence electrons. The van der Waals surface area contributed by atoms with Crippen LogP contribution in [0.3, 0.4) is 0 Å². The van der Waals surface area contributed by atoms with Crippen molar-refractivity contribution >= 4 is 22.6 Å². The number of allylic oxidation sites excluding steroid dienone is 1. The maximum Gasteiger partial charge on any atom is 0.0540 e. The number of para-hydroxylation sites is 1. The summed E-state index contributed by atoms with van der Waals surface area (Å²) in [5.41, 5.74) is 9.51. The van der Waals surface area contributed by atoms with Crippen molar-refractivity contribution in [2.75, 3.05) is 0 Å². The molecule has 1 aliphatic carbocycles. The van der Waals surface area contributed by atoms with Gasteiger partial charge in [-0.25, -0.2) is 0 Å². The molecule has 0 fully saturated rings. The summed E-state index contributed by atoms with van der Waals surface area (Å²) >= 11 is 0. The van der Waals surface area contributed by atoms with E-state index in [0.717, 1.165) is 12.8 Å². The lowest BCUT2D eigenvalue weighted by Crippen LogP contribution is -2.05. The Morgan fingerprint density at radius 1 is 0.731 bits per heavy atom. The van der Waals surface area contributed by atoms with E-state index >= 15 is 0 Å². The standard InChI is InChI=1S/C25H21N/c1-18-9-8-14-24-25(18)22-17-20(19-10-4-2-5-11-19)15-16-23(22)26(24)21-12-6-3-7-13-21/h2-14,17H,15-16H2,1H3. The van der Waals surface area contributed by atoms with E-state index < -0.39 is 0 Å². The van der Waals surface area contributed by atoms with E-state index in [-0.39, 0.29) is 0 Å². The highest BCUT2D eigenvalue weighted by Crippen LogP contribution is 2.39. The van der Waals surface area contributed by atoms with Crippen LogP contribution in [0.4, 0.5) is 0 Å². The first-order valence-electron chi connectivity index (χ1n) is 9.27. The van der Waals surface area contributed by atoms with Gasteiger partial charge in [0.2, 0.25) is 0 Å². The third-order valence-electron chi connectivity index (χ3n) is 5.45. The van der Waals surface area contributed by atoms with Crippen LogP contribution in [-0.4, -0.2) is 4.57 Å². The van der Waals surface area contributed by atoms with Crippen molar-refractivity contribution in [3.05, 3.63) is 101 Å². The molecule has 1 heteroatoms. The lowest BCUT2D eigenvalue weighted by Gasteiger charge is -2.17. The normalized spacial score (nSPS) is 13.5. The van der Waals surface area contributed by atoms with Crippen LogP contribution in [0, 0.1) is 6.92 Å². The fourth-order valence-electron chi connectivity index (χ4n) is 4.25. The topological polar surface area (TPSA) is 4.93 Å². The fourth-order valence-corrected chi connectivity index (χ4v) is 4.25. The minimum absolute atomic E-state index is 1.07. The number of aryl methyl sites for hydroxylation is 1. The van der Waals surface area contributed by atoms with Gasteiger partial charge in [0, 0.05) is 22.3 Å². The third kappa shape index (κ3) is 2.32. The summed E-state index contributed by atoms with van der Waals surface area (Å²) in [5.74, 6) is 0. The number of rotatable bonds is 2. The first-order valence-corrected chi connectivity index (χ1v) is 9.27. The molecule has 1 aliphatic rings. The predicted molar refractivity (Wildman–Crippen MR) is 111 cm³/mol. The summed E-state index contributed by atoms with van der Waals surface area (Å²) in [5, 5.41) is 1.39. The van der Waals surface area contributed by atoms with Gasteiger partial charge in [-0.3, -0.25) is 0 Å². The smallest absolute Gasteiger partial charge is 0.0540 e. The van der Waals surface area contributed by atoms with Crippen molar-refractivity contribution in [2.45, 2.75) is 19.8 Å². The van der Waals surface area contributed by atoms with Crippen LogP contribution in [0.15, 0.2) is 78.9 Å². The Morgan fingerprint density at radius 3 is 2.23 bits per heavy atom. The van der Waals surface area contributed by atoms with Gasteiger partial charge in [0.05, 0.1) is 5.52 Å². The molecule has 26 heavy (non-hydrogen) atoms. The van der Waals surface area contributed by atoms with Gasteiger partial charge in [-0.2, -0.15) is 0 Å². The van der Waals surface area contributed by atoms with Gasteiger partial charge in [0.25, 0.3) is 0 Å². The second kappa shape index (κ2) is 6.03. The summed E-state index contributed by atoms with van der Waals surface area (Å²) in [6.45, 7) is 2.22. The van der Waals surface area contributed by atoms with Crippen LogP contribution >= 0.6 is 0 Å². The van der Waals surface area contributed by atoms with Gasteiger partial charge in [0.15, 0.2) is 0 Å². The molecule has 0 radical (unpaired) electrons. The van der Waals surface area contributed by atoms with Gasteiger partial charge in [-0.05, 0) is 60.7 Å². The number of hydrogen-bond acceptors (Lipinski definition) is 0. The molecule has 0 amide bonds. The molecule has 4 aromatic rings. The molecule has 3 aromatic carbocycles. The Balaban J connectivity index is 1.81. The maximum atomic E-state index is 2.45. The van der Waals surface area contributed by atoms with Crippen LogP contribution in [-0.2, 0) is 6.42 Å².